The zero-order valence-corrected chi connectivity index (χ0v) is 13.5. The summed E-state index contributed by atoms with van der Waals surface area (Å²) in [4.78, 5) is 12.2. The first-order valence-electron chi connectivity index (χ1n) is 8.19. The third-order valence-electron chi connectivity index (χ3n) is 4.36. The van der Waals surface area contributed by atoms with Gasteiger partial charge in [-0.25, -0.2) is 0 Å². The van der Waals surface area contributed by atoms with E-state index in [1.807, 2.05) is 30.3 Å². The van der Waals surface area contributed by atoms with Crippen molar-refractivity contribution in [3.05, 3.63) is 47.3 Å². The van der Waals surface area contributed by atoms with Crippen LogP contribution in [0, 0.1) is 0 Å². The van der Waals surface area contributed by atoms with Gasteiger partial charge in [-0.3, -0.25) is 4.79 Å². The third kappa shape index (κ3) is 3.38. The molecule has 0 fully saturated rings. The Morgan fingerprint density at radius 1 is 1.35 bits per heavy atom. The Kier molecular flexibility index (Phi) is 4.65. The highest BCUT2D eigenvalue weighted by Gasteiger charge is 2.28. The lowest BCUT2D eigenvalue weighted by atomic mass is 9.99. The molecule has 1 aromatic carbocycles. The number of hydrogen-bond acceptors (Lipinski definition) is 4. The Labute approximate surface area is 136 Å². The van der Waals surface area contributed by atoms with Crippen molar-refractivity contribution in [1.82, 2.24) is 10.5 Å². The number of ether oxygens (including phenoxy) is 1. The summed E-state index contributed by atoms with van der Waals surface area (Å²) >= 11 is 0. The highest BCUT2D eigenvalue weighted by atomic mass is 16.5. The first-order chi connectivity index (χ1) is 11.2. The molecular formula is C18H22N2O3. The van der Waals surface area contributed by atoms with E-state index in [1.54, 1.807) is 0 Å². The second-order valence-corrected chi connectivity index (χ2v) is 5.87. The van der Waals surface area contributed by atoms with E-state index in [9.17, 15) is 4.79 Å². The van der Waals surface area contributed by atoms with Crippen molar-refractivity contribution in [2.45, 2.75) is 51.7 Å². The number of nitrogens with zero attached hydrogens (tertiary/aromatic N) is 1. The fourth-order valence-corrected chi connectivity index (χ4v) is 2.93. The lowest BCUT2D eigenvalue weighted by Gasteiger charge is -2.10. The summed E-state index contributed by atoms with van der Waals surface area (Å²) in [5.74, 6) is 1.76. The molecule has 23 heavy (non-hydrogen) atoms. The molecule has 1 amide bonds. The van der Waals surface area contributed by atoms with Crippen LogP contribution in [-0.2, 0) is 17.8 Å². The maximum Gasteiger partial charge on any atom is 0.261 e. The van der Waals surface area contributed by atoms with Crippen molar-refractivity contribution < 1.29 is 14.1 Å². The monoisotopic (exact) mass is 314 g/mol. The number of hydrogen-bond donors (Lipinski definition) is 1. The standard InChI is InChI=1S/C18H22N2O3/c1-3-12(4-2)15-10-14(23-20-15)11-19-18(21)17-9-13-7-5-6-8-16(13)22-17/h5-8,10,12,17H,3-4,9,11H2,1-2H3,(H,19,21)/t17-/m1/s1. The second-order valence-electron chi connectivity index (χ2n) is 5.87. The largest absolute Gasteiger partial charge is 0.480 e. The number of carbonyl (C=O) groups is 1. The van der Waals surface area contributed by atoms with Gasteiger partial charge in [0.05, 0.1) is 12.2 Å². The molecule has 0 saturated carbocycles. The quantitative estimate of drug-likeness (QED) is 0.889. The van der Waals surface area contributed by atoms with E-state index in [0.29, 0.717) is 24.6 Å². The van der Waals surface area contributed by atoms with Crippen LogP contribution in [0.5, 0.6) is 5.75 Å². The van der Waals surface area contributed by atoms with Crippen molar-refractivity contribution in [3.63, 3.8) is 0 Å². The van der Waals surface area contributed by atoms with Crippen molar-refractivity contribution in [2.75, 3.05) is 0 Å². The lowest BCUT2D eigenvalue weighted by Crippen LogP contribution is -2.36. The summed E-state index contributed by atoms with van der Waals surface area (Å²) in [6.45, 7) is 4.61. The maximum absolute atomic E-state index is 12.2. The summed E-state index contributed by atoms with van der Waals surface area (Å²) in [7, 11) is 0. The van der Waals surface area contributed by atoms with Crippen LogP contribution in [0.25, 0.3) is 0 Å². The molecule has 0 spiro atoms. The van der Waals surface area contributed by atoms with Crippen molar-refractivity contribution in [2.24, 2.45) is 0 Å². The lowest BCUT2D eigenvalue weighted by molar-refractivity contribution is -0.127. The first kappa shape index (κ1) is 15.6. The molecule has 1 atom stereocenters. The molecule has 0 radical (unpaired) electrons. The number of nitrogens with one attached hydrogen (secondary N) is 1. The summed E-state index contributed by atoms with van der Waals surface area (Å²) in [5.41, 5.74) is 2.03. The Hall–Kier alpha value is -2.30. The first-order valence-corrected chi connectivity index (χ1v) is 8.19. The Morgan fingerprint density at radius 3 is 2.87 bits per heavy atom. The minimum atomic E-state index is -0.464. The van der Waals surface area contributed by atoms with Gasteiger partial charge in [-0.05, 0) is 24.5 Å². The zero-order chi connectivity index (χ0) is 16.2. The number of para-hydroxylation sites is 1. The summed E-state index contributed by atoms with van der Waals surface area (Å²) in [6.07, 6.45) is 2.21. The number of rotatable bonds is 6. The van der Waals surface area contributed by atoms with E-state index in [4.69, 9.17) is 9.26 Å². The average molecular weight is 314 g/mol. The topological polar surface area (TPSA) is 64.4 Å². The van der Waals surface area contributed by atoms with E-state index in [1.165, 1.54) is 0 Å². The normalized spacial score (nSPS) is 16.2. The molecule has 0 bridgehead atoms. The SMILES string of the molecule is CCC(CC)c1cc(CNC(=O)[C@H]2Cc3ccccc3O2)on1. The van der Waals surface area contributed by atoms with Gasteiger partial charge >= 0.3 is 0 Å². The molecule has 0 unspecified atom stereocenters. The van der Waals surface area contributed by atoms with E-state index >= 15 is 0 Å². The third-order valence-corrected chi connectivity index (χ3v) is 4.36. The summed E-state index contributed by atoms with van der Waals surface area (Å²) in [6, 6.07) is 9.67. The van der Waals surface area contributed by atoms with Crippen LogP contribution in [0.15, 0.2) is 34.9 Å². The molecule has 2 aromatic rings. The zero-order valence-electron chi connectivity index (χ0n) is 13.5. The molecule has 5 nitrogen and oxygen atoms in total. The number of carbonyl (C=O) groups excluding carboxylic acids is 1. The molecule has 1 aliphatic heterocycles. The number of benzene rings is 1. The van der Waals surface area contributed by atoms with Crippen LogP contribution in [0.4, 0.5) is 0 Å². The summed E-state index contributed by atoms with van der Waals surface area (Å²) < 4.78 is 11.0. The molecule has 122 valence electrons. The van der Waals surface area contributed by atoms with E-state index in [-0.39, 0.29) is 5.91 Å². The molecular weight excluding hydrogens is 292 g/mol. The molecule has 1 aliphatic rings. The Bertz CT molecular complexity index is 651. The van der Waals surface area contributed by atoms with Crippen molar-refractivity contribution in [3.8, 4) is 5.75 Å². The average Bonchev–Trinajstić information content (AvgIpc) is 3.20. The highest BCUT2D eigenvalue weighted by molar-refractivity contribution is 5.82. The maximum atomic E-state index is 12.2. The molecule has 2 heterocycles. The highest BCUT2D eigenvalue weighted by Crippen LogP contribution is 2.28. The van der Waals surface area contributed by atoms with Gasteiger partial charge < -0.3 is 14.6 Å². The fraction of sp³-hybridized carbons (Fsp3) is 0.444. The number of aromatic nitrogens is 1. The van der Waals surface area contributed by atoms with Crippen LogP contribution >= 0.6 is 0 Å². The van der Waals surface area contributed by atoms with Gasteiger partial charge in [0, 0.05) is 18.4 Å². The molecule has 3 rings (SSSR count). The Morgan fingerprint density at radius 2 is 2.13 bits per heavy atom. The van der Waals surface area contributed by atoms with Gasteiger partial charge in [0.15, 0.2) is 11.9 Å². The van der Waals surface area contributed by atoms with Crippen LogP contribution in [0.2, 0.25) is 0 Å². The minimum Gasteiger partial charge on any atom is -0.480 e. The van der Waals surface area contributed by atoms with Gasteiger partial charge in [0.2, 0.25) is 0 Å². The van der Waals surface area contributed by atoms with Gasteiger partial charge in [0.1, 0.15) is 5.75 Å². The van der Waals surface area contributed by atoms with Crippen LogP contribution in [0.3, 0.4) is 0 Å². The van der Waals surface area contributed by atoms with Gasteiger partial charge in [-0.1, -0.05) is 37.2 Å². The smallest absolute Gasteiger partial charge is 0.261 e. The van der Waals surface area contributed by atoms with Gasteiger partial charge in [-0.15, -0.1) is 0 Å². The molecule has 5 heteroatoms. The predicted molar refractivity (Wildman–Crippen MR) is 86.2 cm³/mol. The minimum absolute atomic E-state index is 0.123. The van der Waals surface area contributed by atoms with Crippen LogP contribution in [-0.4, -0.2) is 17.2 Å². The van der Waals surface area contributed by atoms with E-state index in [2.05, 4.69) is 24.3 Å². The number of amides is 1. The summed E-state index contributed by atoms with van der Waals surface area (Å²) in [5, 5.41) is 6.97. The van der Waals surface area contributed by atoms with Gasteiger partial charge in [-0.2, -0.15) is 0 Å². The molecule has 1 N–H and O–H groups in total. The Balaban J connectivity index is 1.54. The number of fused-ring (bicyclic) bond motifs is 1. The molecule has 0 saturated heterocycles. The van der Waals surface area contributed by atoms with E-state index in [0.717, 1.165) is 29.8 Å². The fourth-order valence-electron chi connectivity index (χ4n) is 2.93. The van der Waals surface area contributed by atoms with Crippen molar-refractivity contribution >= 4 is 5.91 Å². The molecule has 0 aliphatic carbocycles. The predicted octanol–water partition coefficient (Wildman–Crippen LogP) is 3.20. The van der Waals surface area contributed by atoms with Crippen LogP contribution < -0.4 is 10.1 Å². The second kappa shape index (κ2) is 6.86. The van der Waals surface area contributed by atoms with Gasteiger partial charge in [0.25, 0.3) is 5.91 Å². The molecule has 1 aromatic heterocycles. The van der Waals surface area contributed by atoms with Crippen molar-refractivity contribution in [1.29, 1.82) is 0 Å². The van der Waals surface area contributed by atoms with Crippen LogP contribution in [0.1, 0.15) is 49.6 Å². The van der Waals surface area contributed by atoms with E-state index < -0.39 is 6.10 Å².